The van der Waals surface area contributed by atoms with Crippen molar-refractivity contribution >= 4 is 17.7 Å². The monoisotopic (exact) mass is 374 g/mol. The van der Waals surface area contributed by atoms with Gasteiger partial charge in [-0.3, -0.25) is 9.36 Å². The highest BCUT2D eigenvalue weighted by Crippen LogP contribution is 2.22. The number of aromatic nitrogens is 3. The maximum Gasteiger partial charge on any atom is 0.343 e. The van der Waals surface area contributed by atoms with Gasteiger partial charge in [0.2, 0.25) is 5.91 Å². The van der Waals surface area contributed by atoms with E-state index in [9.17, 15) is 9.59 Å². The molecule has 0 radical (unpaired) electrons. The van der Waals surface area contributed by atoms with Gasteiger partial charge in [-0.1, -0.05) is 49.0 Å². The van der Waals surface area contributed by atoms with Crippen molar-refractivity contribution in [3.05, 3.63) is 46.4 Å². The number of nitrogens with zero attached hydrogens (tertiary/aromatic N) is 3. The molecule has 1 unspecified atom stereocenters. The maximum atomic E-state index is 12.6. The molecule has 0 spiro atoms. The van der Waals surface area contributed by atoms with E-state index in [-0.39, 0.29) is 11.6 Å². The fourth-order valence-electron chi connectivity index (χ4n) is 3.46. The number of likely N-dealkylation sites (tertiary alicyclic amines) is 1. The van der Waals surface area contributed by atoms with Crippen molar-refractivity contribution in [2.45, 2.75) is 56.8 Å². The zero-order valence-electron chi connectivity index (χ0n) is 15.2. The van der Waals surface area contributed by atoms with E-state index in [2.05, 4.69) is 17.1 Å². The summed E-state index contributed by atoms with van der Waals surface area (Å²) in [5.74, 6) is 0.471. The van der Waals surface area contributed by atoms with E-state index in [1.807, 2.05) is 35.2 Å². The van der Waals surface area contributed by atoms with E-state index in [4.69, 9.17) is 0 Å². The average molecular weight is 375 g/mol. The minimum Gasteiger partial charge on any atom is -0.339 e. The number of nitrogens with one attached hydrogen (secondary N) is 1. The van der Waals surface area contributed by atoms with E-state index in [1.54, 1.807) is 4.57 Å². The molecule has 7 heteroatoms. The van der Waals surface area contributed by atoms with Gasteiger partial charge in [-0.2, -0.15) is 0 Å². The van der Waals surface area contributed by atoms with Crippen molar-refractivity contribution in [2.24, 2.45) is 0 Å². The van der Waals surface area contributed by atoms with Crippen LogP contribution in [0.1, 0.15) is 38.2 Å². The van der Waals surface area contributed by atoms with Crippen LogP contribution in [0.5, 0.6) is 0 Å². The zero-order valence-corrected chi connectivity index (χ0v) is 16.0. The van der Waals surface area contributed by atoms with Crippen molar-refractivity contribution < 1.29 is 4.79 Å². The lowest BCUT2D eigenvalue weighted by molar-refractivity contribution is -0.132. The quantitative estimate of drug-likeness (QED) is 0.757. The predicted octanol–water partition coefficient (Wildman–Crippen LogP) is 2.70. The number of benzene rings is 1. The Hall–Kier alpha value is -2.02. The normalized spacial score (nSPS) is 17.4. The number of hydrogen-bond donors (Lipinski definition) is 1. The summed E-state index contributed by atoms with van der Waals surface area (Å²) in [5, 5.41) is 7.20. The Morgan fingerprint density at radius 2 is 2.12 bits per heavy atom. The molecule has 1 atom stereocenters. The number of hydrogen-bond acceptors (Lipinski definition) is 4. The highest BCUT2D eigenvalue weighted by molar-refractivity contribution is 7.99. The lowest BCUT2D eigenvalue weighted by Gasteiger charge is -2.35. The highest BCUT2D eigenvalue weighted by Gasteiger charge is 2.25. The molecule has 1 aromatic heterocycles. The SMILES string of the molecule is CCC1CCCCN1C(=O)CSc1n[nH]c(=O)n1CCc1ccccc1. The van der Waals surface area contributed by atoms with E-state index in [1.165, 1.54) is 23.7 Å². The molecule has 3 rings (SSSR count). The fraction of sp³-hybridized carbons (Fsp3) is 0.526. The van der Waals surface area contributed by atoms with Gasteiger partial charge < -0.3 is 4.90 Å². The molecule has 0 aliphatic carbocycles. The van der Waals surface area contributed by atoms with Gasteiger partial charge in [0.1, 0.15) is 0 Å². The number of amides is 1. The number of aryl methyl sites for hydroxylation is 1. The van der Waals surface area contributed by atoms with Gasteiger partial charge in [0.05, 0.1) is 5.75 Å². The molecule has 1 amide bonds. The van der Waals surface area contributed by atoms with Crippen molar-refractivity contribution in [3.8, 4) is 0 Å². The van der Waals surface area contributed by atoms with Gasteiger partial charge in [0.25, 0.3) is 0 Å². The summed E-state index contributed by atoms with van der Waals surface area (Å²) >= 11 is 1.35. The fourth-order valence-corrected chi connectivity index (χ4v) is 4.32. The van der Waals surface area contributed by atoms with Crippen LogP contribution in [-0.4, -0.2) is 43.9 Å². The Labute approximate surface area is 158 Å². The number of carbonyl (C=O) groups is 1. The second kappa shape index (κ2) is 9.07. The van der Waals surface area contributed by atoms with E-state index < -0.39 is 0 Å². The van der Waals surface area contributed by atoms with Crippen LogP contribution in [0.25, 0.3) is 0 Å². The Kier molecular flexibility index (Phi) is 6.55. The number of piperidine rings is 1. The Bertz CT molecular complexity index is 771. The molecule has 2 heterocycles. The van der Waals surface area contributed by atoms with Crippen LogP contribution in [-0.2, 0) is 17.8 Å². The summed E-state index contributed by atoms with van der Waals surface area (Å²) in [7, 11) is 0. The van der Waals surface area contributed by atoms with Crippen LogP contribution >= 0.6 is 11.8 Å². The third kappa shape index (κ3) is 4.58. The lowest BCUT2D eigenvalue weighted by atomic mass is 10.0. The first kappa shape index (κ1) is 18.8. The second-order valence-corrected chi connectivity index (χ2v) is 7.57. The summed E-state index contributed by atoms with van der Waals surface area (Å²) in [6, 6.07) is 10.4. The van der Waals surface area contributed by atoms with Crippen LogP contribution in [0.2, 0.25) is 0 Å². The summed E-state index contributed by atoms with van der Waals surface area (Å²) in [6.07, 6.45) is 5.13. The van der Waals surface area contributed by atoms with E-state index in [0.717, 1.165) is 32.2 Å². The summed E-state index contributed by atoms with van der Waals surface area (Å²) in [6.45, 7) is 3.54. The van der Waals surface area contributed by atoms with Crippen molar-refractivity contribution in [1.82, 2.24) is 19.7 Å². The molecule has 6 nitrogen and oxygen atoms in total. The highest BCUT2D eigenvalue weighted by atomic mass is 32.2. The molecular weight excluding hydrogens is 348 g/mol. The average Bonchev–Trinajstić information content (AvgIpc) is 3.04. The second-order valence-electron chi connectivity index (χ2n) is 6.63. The molecule has 0 bridgehead atoms. The van der Waals surface area contributed by atoms with Crippen LogP contribution < -0.4 is 5.69 Å². The molecular formula is C19H26N4O2S. The molecule has 140 valence electrons. The van der Waals surface area contributed by atoms with Gasteiger partial charge in [-0.15, -0.1) is 5.10 Å². The Balaban J connectivity index is 1.60. The van der Waals surface area contributed by atoms with Crippen molar-refractivity contribution in [3.63, 3.8) is 0 Å². The standard InChI is InChI=1S/C19H26N4O2S/c1-2-16-10-6-7-12-22(16)17(24)14-26-19-21-20-18(25)23(19)13-11-15-8-4-3-5-9-15/h3-5,8-9,16H,2,6-7,10-14H2,1H3,(H,20,25). The van der Waals surface area contributed by atoms with Gasteiger partial charge in [0.15, 0.2) is 5.16 Å². The van der Waals surface area contributed by atoms with Crippen LogP contribution in [0, 0.1) is 0 Å². The summed E-state index contributed by atoms with van der Waals surface area (Å²) in [4.78, 5) is 26.7. The lowest BCUT2D eigenvalue weighted by Crippen LogP contribution is -2.44. The molecule has 1 fully saturated rings. The molecule has 0 saturated carbocycles. The minimum atomic E-state index is -0.222. The topological polar surface area (TPSA) is 71.0 Å². The predicted molar refractivity (Wildman–Crippen MR) is 103 cm³/mol. The maximum absolute atomic E-state index is 12.6. The van der Waals surface area contributed by atoms with Gasteiger partial charge >= 0.3 is 5.69 Å². The largest absolute Gasteiger partial charge is 0.343 e. The molecule has 1 N–H and O–H groups in total. The first-order valence-electron chi connectivity index (χ1n) is 9.30. The first-order valence-corrected chi connectivity index (χ1v) is 10.3. The first-order chi connectivity index (χ1) is 12.7. The number of aromatic amines is 1. The van der Waals surface area contributed by atoms with E-state index in [0.29, 0.717) is 23.5 Å². The summed E-state index contributed by atoms with van der Waals surface area (Å²) < 4.78 is 1.62. The number of thioether (sulfide) groups is 1. The Morgan fingerprint density at radius 3 is 2.88 bits per heavy atom. The van der Waals surface area contributed by atoms with Crippen LogP contribution in [0.4, 0.5) is 0 Å². The van der Waals surface area contributed by atoms with Gasteiger partial charge in [-0.05, 0) is 37.7 Å². The molecule has 1 saturated heterocycles. The van der Waals surface area contributed by atoms with Gasteiger partial charge in [0, 0.05) is 19.1 Å². The minimum absolute atomic E-state index is 0.145. The smallest absolute Gasteiger partial charge is 0.339 e. The third-order valence-electron chi connectivity index (χ3n) is 4.93. The van der Waals surface area contributed by atoms with E-state index >= 15 is 0 Å². The Morgan fingerprint density at radius 1 is 1.31 bits per heavy atom. The number of rotatable bonds is 7. The molecule has 1 aliphatic rings. The van der Waals surface area contributed by atoms with Gasteiger partial charge in [-0.25, -0.2) is 9.89 Å². The van der Waals surface area contributed by atoms with Crippen molar-refractivity contribution in [1.29, 1.82) is 0 Å². The molecule has 1 aliphatic heterocycles. The zero-order chi connectivity index (χ0) is 18.4. The van der Waals surface area contributed by atoms with Crippen LogP contribution in [0.15, 0.2) is 40.3 Å². The third-order valence-corrected chi connectivity index (χ3v) is 5.89. The molecule has 2 aromatic rings. The number of H-pyrrole nitrogens is 1. The van der Waals surface area contributed by atoms with Crippen LogP contribution in [0.3, 0.4) is 0 Å². The molecule has 1 aromatic carbocycles. The van der Waals surface area contributed by atoms with Crippen molar-refractivity contribution in [2.75, 3.05) is 12.3 Å². The summed E-state index contributed by atoms with van der Waals surface area (Å²) in [5.41, 5.74) is 0.951. The number of carbonyl (C=O) groups excluding carboxylic acids is 1. The molecule has 26 heavy (non-hydrogen) atoms.